The van der Waals surface area contributed by atoms with Gasteiger partial charge in [0.1, 0.15) is 5.78 Å². The number of Topliss-reactive ketones (excluding diaryl/α,β-unsaturated/α-hetero) is 1. The Bertz CT molecular complexity index is 589. The minimum atomic E-state index is -0.0134. The first kappa shape index (κ1) is 12.4. The van der Waals surface area contributed by atoms with Crippen molar-refractivity contribution in [3.05, 3.63) is 35.2 Å². The molecule has 0 radical (unpaired) electrons. The molecule has 1 aromatic carbocycles. The lowest BCUT2D eigenvalue weighted by Crippen LogP contribution is -2.37. The molecule has 3 rings (SSSR count). The number of thiophene rings is 1. The fourth-order valence-electron chi connectivity index (χ4n) is 2.43. The molecule has 0 bridgehead atoms. The van der Waals surface area contributed by atoms with Crippen molar-refractivity contribution < 1.29 is 9.59 Å². The highest BCUT2D eigenvalue weighted by Gasteiger charge is 2.21. The van der Waals surface area contributed by atoms with Crippen LogP contribution in [-0.4, -0.2) is 17.7 Å². The van der Waals surface area contributed by atoms with Gasteiger partial charge in [-0.25, -0.2) is 0 Å². The van der Waals surface area contributed by atoms with Gasteiger partial charge in [0.2, 0.25) is 0 Å². The summed E-state index contributed by atoms with van der Waals surface area (Å²) in [7, 11) is 0. The summed E-state index contributed by atoms with van der Waals surface area (Å²) in [6.45, 7) is 0. The maximum atomic E-state index is 12.2. The lowest BCUT2D eigenvalue weighted by atomic mass is 9.94. The number of ketones is 1. The zero-order chi connectivity index (χ0) is 13.2. The lowest BCUT2D eigenvalue weighted by Gasteiger charge is -2.21. The molecule has 1 heterocycles. The van der Waals surface area contributed by atoms with Crippen LogP contribution in [0.4, 0.5) is 0 Å². The van der Waals surface area contributed by atoms with Crippen molar-refractivity contribution >= 4 is 33.1 Å². The highest BCUT2D eigenvalue weighted by atomic mass is 32.1. The Hall–Kier alpha value is -1.68. The molecular formula is C15H15NO2S. The molecule has 3 nitrogen and oxygen atoms in total. The molecule has 1 aliphatic rings. The second kappa shape index (κ2) is 5.13. The van der Waals surface area contributed by atoms with Gasteiger partial charge in [0.05, 0.1) is 4.88 Å². The van der Waals surface area contributed by atoms with Crippen LogP contribution in [0.3, 0.4) is 0 Å². The van der Waals surface area contributed by atoms with E-state index < -0.39 is 0 Å². The Kier molecular flexibility index (Phi) is 3.34. The van der Waals surface area contributed by atoms with E-state index in [-0.39, 0.29) is 11.9 Å². The van der Waals surface area contributed by atoms with Crippen LogP contribution in [0.5, 0.6) is 0 Å². The van der Waals surface area contributed by atoms with Crippen molar-refractivity contribution in [3.63, 3.8) is 0 Å². The van der Waals surface area contributed by atoms with Crippen LogP contribution in [0.25, 0.3) is 10.1 Å². The number of amides is 1. The molecule has 2 aromatic rings. The molecule has 0 saturated heterocycles. The maximum Gasteiger partial charge on any atom is 0.261 e. The van der Waals surface area contributed by atoms with Gasteiger partial charge in [-0.1, -0.05) is 18.2 Å². The van der Waals surface area contributed by atoms with E-state index in [9.17, 15) is 9.59 Å². The molecule has 1 amide bonds. The molecule has 19 heavy (non-hydrogen) atoms. The first-order valence-electron chi connectivity index (χ1n) is 6.53. The number of nitrogens with one attached hydrogen (secondary N) is 1. The normalized spacial score (nSPS) is 16.7. The maximum absolute atomic E-state index is 12.2. The van der Waals surface area contributed by atoms with Gasteiger partial charge in [-0.2, -0.15) is 0 Å². The molecule has 98 valence electrons. The van der Waals surface area contributed by atoms with Crippen molar-refractivity contribution in [2.75, 3.05) is 0 Å². The van der Waals surface area contributed by atoms with Gasteiger partial charge in [-0.05, 0) is 30.4 Å². The predicted molar refractivity (Wildman–Crippen MR) is 76.6 cm³/mol. The molecular weight excluding hydrogens is 258 g/mol. The van der Waals surface area contributed by atoms with Crippen LogP contribution in [0, 0.1) is 0 Å². The van der Waals surface area contributed by atoms with Crippen LogP contribution in [0.15, 0.2) is 30.3 Å². The predicted octanol–water partition coefficient (Wildman–Crippen LogP) is 3.14. The molecule has 4 heteroatoms. The van der Waals surface area contributed by atoms with E-state index in [1.54, 1.807) is 0 Å². The summed E-state index contributed by atoms with van der Waals surface area (Å²) >= 11 is 1.52. The molecule has 1 N–H and O–H groups in total. The Morgan fingerprint density at radius 2 is 1.95 bits per heavy atom. The van der Waals surface area contributed by atoms with E-state index >= 15 is 0 Å². The van der Waals surface area contributed by atoms with Gasteiger partial charge >= 0.3 is 0 Å². The van der Waals surface area contributed by atoms with Crippen molar-refractivity contribution in [2.24, 2.45) is 0 Å². The zero-order valence-corrected chi connectivity index (χ0v) is 11.3. The first-order chi connectivity index (χ1) is 9.22. The second-order valence-corrected chi connectivity index (χ2v) is 6.02. The van der Waals surface area contributed by atoms with Gasteiger partial charge < -0.3 is 5.32 Å². The van der Waals surface area contributed by atoms with Gasteiger partial charge in [0.15, 0.2) is 0 Å². The number of hydrogen-bond donors (Lipinski definition) is 1. The van der Waals surface area contributed by atoms with Gasteiger partial charge in [-0.3, -0.25) is 9.59 Å². The number of rotatable bonds is 2. The fraction of sp³-hybridized carbons (Fsp3) is 0.333. The number of benzene rings is 1. The Morgan fingerprint density at radius 1 is 1.21 bits per heavy atom. The summed E-state index contributed by atoms with van der Waals surface area (Å²) in [6.07, 6.45) is 2.74. The highest BCUT2D eigenvalue weighted by molar-refractivity contribution is 7.20. The molecule has 0 atom stereocenters. The van der Waals surface area contributed by atoms with Crippen LogP contribution in [-0.2, 0) is 4.79 Å². The van der Waals surface area contributed by atoms with Crippen molar-refractivity contribution in [1.29, 1.82) is 0 Å². The number of carbonyl (C=O) groups is 2. The van der Waals surface area contributed by atoms with Crippen molar-refractivity contribution in [1.82, 2.24) is 5.32 Å². The Morgan fingerprint density at radius 3 is 2.68 bits per heavy atom. The third-order valence-corrected chi connectivity index (χ3v) is 4.64. The van der Waals surface area contributed by atoms with E-state index in [0.717, 1.165) is 27.8 Å². The molecule has 0 unspecified atom stereocenters. The molecule has 1 saturated carbocycles. The molecule has 0 spiro atoms. The van der Waals surface area contributed by atoms with Gasteiger partial charge in [-0.15, -0.1) is 11.3 Å². The van der Waals surface area contributed by atoms with E-state index in [1.165, 1.54) is 11.3 Å². The van der Waals surface area contributed by atoms with E-state index in [0.29, 0.717) is 18.6 Å². The molecule has 0 aliphatic heterocycles. The highest BCUT2D eigenvalue weighted by Crippen LogP contribution is 2.25. The lowest BCUT2D eigenvalue weighted by molar-refractivity contribution is -0.120. The summed E-state index contributed by atoms with van der Waals surface area (Å²) < 4.78 is 1.13. The van der Waals surface area contributed by atoms with Crippen LogP contribution >= 0.6 is 11.3 Å². The Labute approximate surface area is 115 Å². The molecule has 1 aliphatic carbocycles. The average molecular weight is 273 g/mol. The monoisotopic (exact) mass is 273 g/mol. The summed E-state index contributed by atoms with van der Waals surface area (Å²) in [6, 6.07) is 10.1. The summed E-state index contributed by atoms with van der Waals surface area (Å²) in [5.74, 6) is 0.299. The van der Waals surface area contributed by atoms with Crippen LogP contribution < -0.4 is 5.32 Å². The first-order valence-corrected chi connectivity index (χ1v) is 7.35. The molecule has 1 fully saturated rings. The van der Waals surface area contributed by atoms with Crippen molar-refractivity contribution in [3.8, 4) is 0 Å². The van der Waals surface area contributed by atoms with E-state index in [4.69, 9.17) is 0 Å². The third-order valence-electron chi connectivity index (χ3n) is 3.53. The minimum absolute atomic E-state index is 0.0134. The summed E-state index contributed by atoms with van der Waals surface area (Å²) in [5.41, 5.74) is 0. The minimum Gasteiger partial charge on any atom is -0.349 e. The van der Waals surface area contributed by atoms with Crippen LogP contribution in [0.2, 0.25) is 0 Å². The standard InChI is InChI=1S/C15H15NO2S/c17-12-7-5-11(6-8-12)16-15(18)14-9-10-3-1-2-4-13(10)19-14/h1-4,9,11H,5-8H2,(H,16,18). The zero-order valence-electron chi connectivity index (χ0n) is 10.5. The van der Waals surface area contributed by atoms with Gasteiger partial charge in [0.25, 0.3) is 5.91 Å². The molecule has 1 aromatic heterocycles. The van der Waals surface area contributed by atoms with Gasteiger partial charge in [0, 0.05) is 23.6 Å². The summed E-state index contributed by atoms with van der Waals surface area (Å²) in [5, 5.41) is 4.14. The average Bonchev–Trinajstić information content (AvgIpc) is 2.85. The fourth-order valence-corrected chi connectivity index (χ4v) is 3.40. The number of hydrogen-bond acceptors (Lipinski definition) is 3. The Balaban J connectivity index is 1.71. The van der Waals surface area contributed by atoms with Crippen molar-refractivity contribution in [2.45, 2.75) is 31.7 Å². The largest absolute Gasteiger partial charge is 0.349 e. The van der Waals surface area contributed by atoms with Crippen LogP contribution in [0.1, 0.15) is 35.4 Å². The summed E-state index contributed by atoms with van der Waals surface area (Å²) in [4.78, 5) is 24.1. The smallest absolute Gasteiger partial charge is 0.261 e. The number of carbonyl (C=O) groups excluding carboxylic acids is 2. The second-order valence-electron chi connectivity index (χ2n) is 4.93. The van der Waals surface area contributed by atoms with E-state index in [1.807, 2.05) is 30.3 Å². The topological polar surface area (TPSA) is 46.2 Å². The number of fused-ring (bicyclic) bond motifs is 1. The van der Waals surface area contributed by atoms with E-state index in [2.05, 4.69) is 5.32 Å². The third kappa shape index (κ3) is 2.68. The SMILES string of the molecule is O=C1CCC(NC(=O)c2cc3ccccc3s2)CC1. The quantitative estimate of drug-likeness (QED) is 0.913.